The van der Waals surface area contributed by atoms with Crippen LogP contribution in [0.25, 0.3) is 0 Å². The first-order valence-electron chi connectivity index (χ1n) is 8.50. The van der Waals surface area contributed by atoms with Crippen molar-refractivity contribution in [3.63, 3.8) is 0 Å². The fourth-order valence-electron chi connectivity index (χ4n) is 3.42. The van der Waals surface area contributed by atoms with E-state index in [1.807, 2.05) is 24.3 Å². The third-order valence-electron chi connectivity index (χ3n) is 4.63. The zero-order chi connectivity index (χ0) is 18.1. The Balaban J connectivity index is 1.56. The molecule has 26 heavy (non-hydrogen) atoms. The molecule has 0 bridgehead atoms. The number of hydrogen-bond donors (Lipinski definition) is 1. The van der Waals surface area contributed by atoms with Gasteiger partial charge in [-0.15, -0.1) is 10.2 Å². The van der Waals surface area contributed by atoms with Crippen LogP contribution in [0.1, 0.15) is 46.2 Å². The smallest absolute Gasteiger partial charge is 0.270 e. The SMILES string of the molecule is C[C@H]1CN(C(=O)c2cc(C#N)c[nH]2)Cc2nnc(Cc3ccccc3)n21. The number of aromatic nitrogens is 4. The largest absolute Gasteiger partial charge is 0.356 e. The fraction of sp³-hybridized carbons (Fsp3) is 0.263. The second kappa shape index (κ2) is 6.48. The van der Waals surface area contributed by atoms with Crippen molar-refractivity contribution < 1.29 is 4.79 Å². The minimum Gasteiger partial charge on any atom is -0.356 e. The summed E-state index contributed by atoms with van der Waals surface area (Å²) in [6.45, 7) is 3.05. The number of aromatic amines is 1. The van der Waals surface area contributed by atoms with Crippen molar-refractivity contribution in [2.45, 2.75) is 25.9 Å². The number of H-pyrrole nitrogens is 1. The third kappa shape index (κ3) is 2.86. The predicted molar refractivity (Wildman–Crippen MR) is 94.2 cm³/mol. The Bertz CT molecular complexity index is 981. The Morgan fingerprint density at radius 1 is 1.35 bits per heavy atom. The Hall–Kier alpha value is -3.40. The van der Waals surface area contributed by atoms with E-state index in [1.165, 1.54) is 5.56 Å². The highest BCUT2D eigenvalue weighted by Crippen LogP contribution is 2.24. The molecule has 3 aromatic rings. The Morgan fingerprint density at radius 2 is 2.15 bits per heavy atom. The van der Waals surface area contributed by atoms with E-state index in [1.54, 1.807) is 17.2 Å². The fourth-order valence-corrected chi connectivity index (χ4v) is 3.42. The van der Waals surface area contributed by atoms with E-state index in [0.717, 1.165) is 11.6 Å². The van der Waals surface area contributed by atoms with Crippen molar-refractivity contribution >= 4 is 5.91 Å². The van der Waals surface area contributed by atoms with Crippen molar-refractivity contribution in [2.75, 3.05) is 6.54 Å². The Morgan fingerprint density at radius 3 is 2.88 bits per heavy atom. The van der Waals surface area contributed by atoms with Crippen LogP contribution in [0.5, 0.6) is 0 Å². The molecule has 0 spiro atoms. The second-order valence-corrected chi connectivity index (χ2v) is 6.51. The molecule has 7 heteroatoms. The minimum atomic E-state index is -0.128. The number of carbonyl (C=O) groups is 1. The molecule has 0 saturated heterocycles. The van der Waals surface area contributed by atoms with E-state index < -0.39 is 0 Å². The van der Waals surface area contributed by atoms with Gasteiger partial charge in [0.2, 0.25) is 0 Å². The molecule has 1 aromatic carbocycles. The van der Waals surface area contributed by atoms with Gasteiger partial charge in [-0.1, -0.05) is 30.3 Å². The van der Waals surface area contributed by atoms with Gasteiger partial charge >= 0.3 is 0 Å². The van der Waals surface area contributed by atoms with Crippen LogP contribution in [0.4, 0.5) is 0 Å². The molecule has 0 saturated carbocycles. The average molecular weight is 346 g/mol. The first-order chi connectivity index (χ1) is 12.7. The normalized spacial score (nSPS) is 16.2. The monoisotopic (exact) mass is 346 g/mol. The van der Waals surface area contributed by atoms with Gasteiger partial charge in [0.25, 0.3) is 5.91 Å². The molecule has 0 fully saturated rings. The summed E-state index contributed by atoms with van der Waals surface area (Å²) in [7, 11) is 0. The lowest BCUT2D eigenvalue weighted by atomic mass is 10.1. The number of carbonyl (C=O) groups excluding carboxylic acids is 1. The molecule has 1 amide bonds. The number of nitriles is 1. The number of nitrogens with zero attached hydrogens (tertiary/aromatic N) is 5. The van der Waals surface area contributed by atoms with Crippen molar-refractivity contribution in [1.29, 1.82) is 5.26 Å². The van der Waals surface area contributed by atoms with Crippen LogP contribution in [0.3, 0.4) is 0 Å². The maximum atomic E-state index is 12.7. The Kier molecular flexibility index (Phi) is 4.01. The predicted octanol–water partition coefficient (Wildman–Crippen LogP) is 2.29. The zero-order valence-corrected chi connectivity index (χ0v) is 14.4. The summed E-state index contributed by atoms with van der Waals surface area (Å²) in [5.74, 6) is 1.57. The first-order valence-corrected chi connectivity index (χ1v) is 8.50. The van der Waals surface area contributed by atoms with Crippen LogP contribution in [0, 0.1) is 11.3 Å². The molecule has 0 radical (unpaired) electrons. The molecule has 1 aliphatic heterocycles. The molecule has 0 unspecified atom stereocenters. The van der Waals surface area contributed by atoms with Gasteiger partial charge in [0.1, 0.15) is 17.6 Å². The molecule has 1 atom stereocenters. The third-order valence-corrected chi connectivity index (χ3v) is 4.63. The van der Waals surface area contributed by atoms with Crippen LogP contribution in [-0.2, 0) is 13.0 Å². The van der Waals surface area contributed by atoms with Gasteiger partial charge in [0, 0.05) is 19.2 Å². The van der Waals surface area contributed by atoms with E-state index in [0.29, 0.717) is 30.8 Å². The highest BCUT2D eigenvalue weighted by Gasteiger charge is 2.30. The highest BCUT2D eigenvalue weighted by molar-refractivity contribution is 5.92. The standard InChI is InChI=1S/C19H18N6O/c1-13-11-24(19(26)16-7-15(9-20)10-21-16)12-18-23-22-17(25(13)18)8-14-5-3-2-4-6-14/h2-7,10,13,21H,8,11-12H2,1H3/t13-/m0/s1. The minimum absolute atomic E-state index is 0.0850. The summed E-state index contributed by atoms with van der Waals surface area (Å²) < 4.78 is 2.13. The molecular formula is C19H18N6O. The first kappa shape index (κ1) is 16.1. The van der Waals surface area contributed by atoms with Crippen LogP contribution in [0.15, 0.2) is 42.6 Å². The summed E-state index contributed by atoms with van der Waals surface area (Å²) in [5, 5.41) is 17.6. The quantitative estimate of drug-likeness (QED) is 0.788. The topological polar surface area (TPSA) is 90.6 Å². The molecule has 1 aliphatic rings. The number of fused-ring (bicyclic) bond motifs is 1. The summed E-state index contributed by atoms with van der Waals surface area (Å²) in [5.41, 5.74) is 2.06. The molecule has 1 N–H and O–H groups in total. The van der Waals surface area contributed by atoms with Gasteiger partial charge in [-0.2, -0.15) is 5.26 Å². The lowest BCUT2D eigenvalue weighted by molar-refractivity contribution is 0.0674. The molecule has 3 heterocycles. The van der Waals surface area contributed by atoms with Crippen molar-refractivity contribution in [2.24, 2.45) is 0 Å². The Labute approximate surface area is 150 Å². The van der Waals surface area contributed by atoms with E-state index in [4.69, 9.17) is 5.26 Å². The van der Waals surface area contributed by atoms with Gasteiger partial charge in [-0.25, -0.2) is 0 Å². The van der Waals surface area contributed by atoms with Crippen LogP contribution in [-0.4, -0.2) is 37.1 Å². The van der Waals surface area contributed by atoms with E-state index in [-0.39, 0.29) is 11.9 Å². The van der Waals surface area contributed by atoms with Crippen LogP contribution < -0.4 is 0 Å². The van der Waals surface area contributed by atoms with Gasteiger partial charge in [0.05, 0.1) is 18.2 Å². The number of benzene rings is 1. The van der Waals surface area contributed by atoms with Gasteiger partial charge in [-0.05, 0) is 18.6 Å². The number of nitrogens with one attached hydrogen (secondary N) is 1. The lowest BCUT2D eigenvalue weighted by Crippen LogP contribution is -2.41. The molecule has 2 aromatic heterocycles. The summed E-state index contributed by atoms with van der Waals surface area (Å²) in [6, 6.07) is 13.9. The van der Waals surface area contributed by atoms with E-state index in [9.17, 15) is 4.79 Å². The average Bonchev–Trinajstić information content (AvgIpc) is 3.29. The van der Waals surface area contributed by atoms with E-state index >= 15 is 0 Å². The number of hydrogen-bond acceptors (Lipinski definition) is 4. The van der Waals surface area contributed by atoms with Crippen LogP contribution in [0.2, 0.25) is 0 Å². The summed E-state index contributed by atoms with van der Waals surface area (Å²) >= 11 is 0. The van der Waals surface area contributed by atoms with Gasteiger partial charge in [0.15, 0.2) is 5.82 Å². The van der Waals surface area contributed by atoms with Crippen molar-refractivity contribution in [3.05, 3.63) is 71.1 Å². The van der Waals surface area contributed by atoms with E-state index in [2.05, 4.69) is 38.8 Å². The van der Waals surface area contributed by atoms with Gasteiger partial charge < -0.3 is 14.5 Å². The van der Waals surface area contributed by atoms with Gasteiger partial charge in [-0.3, -0.25) is 4.79 Å². The molecule has 130 valence electrons. The number of rotatable bonds is 3. The van der Waals surface area contributed by atoms with Crippen molar-refractivity contribution in [1.82, 2.24) is 24.6 Å². The second-order valence-electron chi connectivity index (χ2n) is 6.51. The zero-order valence-electron chi connectivity index (χ0n) is 14.4. The summed E-state index contributed by atoms with van der Waals surface area (Å²) in [4.78, 5) is 17.3. The number of amides is 1. The molecular weight excluding hydrogens is 328 g/mol. The molecule has 7 nitrogen and oxygen atoms in total. The highest BCUT2D eigenvalue weighted by atomic mass is 16.2. The summed E-state index contributed by atoms with van der Waals surface area (Å²) in [6.07, 6.45) is 2.26. The molecule has 4 rings (SSSR count). The maximum absolute atomic E-state index is 12.7. The molecule has 0 aliphatic carbocycles. The van der Waals surface area contributed by atoms with Crippen LogP contribution >= 0.6 is 0 Å². The van der Waals surface area contributed by atoms with Crippen molar-refractivity contribution in [3.8, 4) is 6.07 Å². The maximum Gasteiger partial charge on any atom is 0.270 e. The lowest BCUT2D eigenvalue weighted by Gasteiger charge is -2.32.